The summed E-state index contributed by atoms with van der Waals surface area (Å²) in [6.07, 6.45) is 5.76. The highest BCUT2D eigenvalue weighted by Crippen LogP contribution is 2.24. The van der Waals surface area contributed by atoms with Crippen molar-refractivity contribution in [1.82, 2.24) is 10.1 Å². The molecule has 1 aliphatic heterocycles. The van der Waals surface area contributed by atoms with E-state index in [9.17, 15) is 14.4 Å². The van der Waals surface area contributed by atoms with Crippen molar-refractivity contribution in [3.05, 3.63) is 59.7 Å². The second-order valence-electron chi connectivity index (χ2n) is 6.26. The van der Waals surface area contributed by atoms with Crippen molar-refractivity contribution in [1.29, 1.82) is 0 Å². The molecule has 2 rings (SSSR count). The molecule has 0 aliphatic carbocycles. The first kappa shape index (κ1) is 21.3. The summed E-state index contributed by atoms with van der Waals surface area (Å²) in [5.74, 6) is 2.65. The van der Waals surface area contributed by atoms with Crippen LogP contribution in [0.15, 0.2) is 54.1 Å². The first-order chi connectivity index (χ1) is 13.4. The van der Waals surface area contributed by atoms with Gasteiger partial charge in [0.15, 0.2) is 0 Å². The normalized spacial score (nSPS) is 19.1. The van der Waals surface area contributed by atoms with E-state index in [4.69, 9.17) is 15.7 Å². The lowest BCUT2D eigenvalue weighted by Gasteiger charge is -2.32. The van der Waals surface area contributed by atoms with E-state index in [1.165, 1.54) is 6.08 Å². The van der Waals surface area contributed by atoms with Crippen LogP contribution in [-0.2, 0) is 25.5 Å². The number of benzene rings is 1. The molecule has 3 N–H and O–H groups in total. The van der Waals surface area contributed by atoms with Gasteiger partial charge in [-0.3, -0.25) is 20.2 Å². The molecule has 0 saturated carbocycles. The Labute approximate surface area is 163 Å². The van der Waals surface area contributed by atoms with Crippen LogP contribution >= 0.6 is 0 Å². The molecule has 0 bridgehead atoms. The van der Waals surface area contributed by atoms with Crippen molar-refractivity contribution in [3.8, 4) is 0 Å². The van der Waals surface area contributed by atoms with Crippen molar-refractivity contribution in [2.45, 2.75) is 19.8 Å². The maximum atomic E-state index is 13.0. The first-order valence-electron chi connectivity index (χ1n) is 9.07. The summed E-state index contributed by atoms with van der Waals surface area (Å²) in [4.78, 5) is 36.8. The fraction of sp³-hybridized carbons (Fsp3) is 0.350. The number of amides is 1. The molecule has 0 radical (unpaired) electrons. The summed E-state index contributed by atoms with van der Waals surface area (Å²) in [6.45, 7) is 1.43. The summed E-state index contributed by atoms with van der Waals surface area (Å²) in [5.41, 5.74) is 1.18. The molecule has 1 unspecified atom stereocenters. The third kappa shape index (κ3) is 5.77. The van der Waals surface area contributed by atoms with Gasteiger partial charge in [0.05, 0.1) is 19.1 Å². The van der Waals surface area contributed by atoms with Crippen LogP contribution in [0.3, 0.4) is 0 Å². The average molecular weight is 387 g/mol. The van der Waals surface area contributed by atoms with Crippen molar-refractivity contribution in [2.24, 2.45) is 11.8 Å². The third-order valence-electron chi connectivity index (χ3n) is 4.29. The molecular weight excluding hydrogens is 362 g/mol. The molecule has 28 heavy (non-hydrogen) atoms. The topological polar surface area (TPSA) is 113 Å². The Morgan fingerprint density at radius 2 is 2.00 bits per heavy atom. The number of nitrogens with two attached hydrogens (primary N) is 1. The molecule has 8 heteroatoms. The highest BCUT2D eigenvalue weighted by molar-refractivity contribution is 6.00. The molecule has 150 valence electrons. The number of hydrogen-bond acceptors (Lipinski definition) is 6. The Kier molecular flexibility index (Phi) is 7.91. The predicted octanol–water partition coefficient (Wildman–Crippen LogP) is 1.30. The lowest BCUT2D eigenvalue weighted by atomic mass is 9.90. The lowest BCUT2D eigenvalue weighted by molar-refractivity contribution is -0.158. The summed E-state index contributed by atoms with van der Waals surface area (Å²) in [6, 6.07) is 9.58. The Balaban J connectivity index is 2.32. The Bertz CT molecular complexity index is 760. The maximum absolute atomic E-state index is 13.0. The van der Waals surface area contributed by atoms with Gasteiger partial charge in [0, 0.05) is 5.57 Å². The number of aliphatic carboxylic acids is 1. The summed E-state index contributed by atoms with van der Waals surface area (Å²) in [5, 5.41) is 11.1. The summed E-state index contributed by atoms with van der Waals surface area (Å²) in [7, 11) is 0. The first-order valence-corrected chi connectivity index (χ1v) is 9.07. The second-order valence-corrected chi connectivity index (χ2v) is 6.26. The van der Waals surface area contributed by atoms with E-state index in [-0.39, 0.29) is 18.7 Å². The van der Waals surface area contributed by atoms with Gasteiger partial charge in [0.1, 0.15) is 6.54 Å². The Morgan fingerprint density at radius 3 is 2.64 bits per heavy atom. The fourth-order valence-electron chi connectivity index (χ4n) is 2.93. The zero-order valence-electron chi connectivity index (χ0n) is 15.8. The minimum Gasteiger partial charge on any atom is -0.480 e. The largest absolute Gasteiger partial charge is 0.480 e. The Hall–Kier alpha value is -2.97. The van der Waals surface area contributed by atoms with Crippen molar-refractivity contribution >= 4 is 17.8 Å². The summed E-state index contributed by atoms with van der Waals surface area (Å²) < 4.78 is 5.17. The average Bonchev–Trinajstić information content (AvgIpc) is 2.67. The monoisotopic (exact) mass is 387 g/mol. The molecule has 1 aromatic carbocycles. The van der Waals surface area contributed by atoms with E-state index < -0.39 is 30.3 Å². The predicted molar refractivity (Wildman–Crippen MR) is 102 cm³/mol. The van der Waals surface area contributed by atoms with Crippen LogP contribution < -0.4 is 5.84 Å². The molecule has 1 heterocycles. The number of ether oxygens (including phenoxy) is 1. The molecule has 1 aromatic rings. The van der Waals surface area contributed by atoms with Crippen LogP contribution in [0.1, 0.15) is 18.9 Å². The zero-order chi connectivity index (χ0) is 20.5. The minimum absolute atomic E-state index is 0.155. The molecule has 8 nitrogen and oxygen atoms in total. The second kappa shape index (κ2) is 10.4. The summed E-state index contributed by atoms with van der Waals surface area (Å²) >= 11 is 0. The lowest BCUT2D eigenvalue weighted by Crippen LogP contribution is -2.54. The highest BCUT2D eigenvalue weighted by Gasteiger charge is 2.34. The SMILES string of the molecule is CCOC(=O)C(CCc1ccccc1)/C1=C/C=C\CN(N)N(CC(=O)O)C1=O. The van der Waals surface area contributed by atoms with Gasteiger partial charge < -0.3 is 9.84 Å². The molecule has 1 amide bonds. The van der Waals surface area contributed by atoms with Gasteiger partial charge in [-0.2, -0.15) is 5.12 Å². The molecule has 1 aliphatic rings. The number of hydrazine groups is 2. The number of carboxylic acids is 1. The van der Waals surface area contributed by atoms with Crippen LogP contribution in [0.2, 0.25) is 0 Å². The number of hydrogen-bond donors (Lipinski definition) is 2. The van der Waals surface area contributed by atoms with E-state index in [0.717, 1.165) is 15.7 Å². The Morgan fingerprint density at radius 1 is 1.29 bits per heavy atom. The van der Waals surface area contributed by atoms with Crippen LogP contribution in [0.5, 0.6) is 0 Å². The van der Waals surface area contributed by atoms with Gasteiger partial charge in [-0.25, -0.2) is 5.01 Å². The molecule has 0 aromatic heterocycles. The number of esters is 1. The number of allylic oxidation sites excluding steroid dienone is 2. The quantitative estimate of drug-likeness (QED) is 0.510. The molecule has 0 saturated heterocycles. The van der Waals surface area contributed by atoms with Crippen LogP contribution in [-0.4, -0.2) is 52.8 Å². The van der Waals surface area contributed by atoms with Gasteiger partial charge in [-0.1, -0.05) is 48.6 Å². The third-order valence-corrected chi connectivity index (χ3v) is 4.29. The number of carbonyl (C=O) groups excluding carboxylic acids is 2. The van der Waals surface area contributed by atoms with Crippen LogP contribution in [0.25, 0.3) is 0 Å². The molecule has 0 fully saturated rings. The van der Waals surface area contributed by atoms with Gasteiger partial charge in [-0.05, 0) is 25.3 Å². The number of carbonyl (C=O) groups is 3. The van der Waals surface area contributed by atoms with Crippen LogP contribution in [0.4, 0.5) is 0 Å². The van der Waals surface area contributed by atoms with Crippen molar-refractivity contribution in [3.63, 3.8) is 0 Å². The fourth-order valence-corrected chi connectivity index (χ4v) is 2.93. The van der Waals surface area contributed by atoms with Crippen molar-refractivity contribution < 1.29 is 24.2 Å². The molecule has 1 atom stereocenters. The van der Waals surface area contributed by atoms with Gasteiger partial charge in [0.25, 0.3) is 5.91 Å². The van der Waals surface area contributed by atoms with Gasteiger partial charge in [0.2, 0.25) is 0 Å². The molecular formula is C20H25N3O5. The number of aryl methyl sites for hydroxylation is 1. The minimum atomic E-state index is -1.20. The number of nitrogens with zero attached hydrogens (tertiary/aromatic N) is 2. The van der Waals surface area contributed by atoms with E-state index in [1.807, 2.05) is 30.3 Å². The van der Waals surface area contributed by atoms with E-state index in [1.54, 1.807) is 19.1 Å². The standard InChI is InChI=1S/C20H25N3O5/c1-2-28-20(27)17(12-11-15-8-4-3-5-9-15)16-10-6-7-13-23(21)22(19(16)26)14-18(24)25/h3-10,17H,2,11-14,21H2,1H3,(H,24,25)/b7-6-,16-10-. The van der Waals surface area contributed by atoms with E-state index in [0.29, 0.717) is 12.8 Å². The number of rotatable bonds is 8. The number of carboxylic acid groups (broad SMARTS) is 1. The van der Waals surface area contributed by atoms with Gasteiger partial charge in [-0.15, -0.1) is 0 Å². The van der Waals surface area contributed by atoms with Gasteiger partial charge >= 0.3 is 11.9 Å². The van der Waals surface area contributed by atoms with E-state index in [2.05, 4.69) is 0 Å². The van der Waals surface area contributed by atoms with Crippen molar-refractivity contribution in [2.75, 3.05) is 19.7 Å². The highest BCUT2D eigenvalue weighted by atomic mass is 16.5. The molecule has 0 spiro atoms. The maximum Gasteiger partial charge on any atom is 0.324 e. The van der Waals surface area contributed by atoms with Crippen LogP contribution in [0, 0.1) is 5.92 Å². The van der Waals surface area contributed by atoms with E-state index >= 15 is 0 Å². The smallest absolute Gasteiger partial charge is 0.324 e. The zero-order valence-corrected chi connectivity index (χ0v) is 15.8.